The van der Waals surface area contributed by atoms with Crippen molar-refractivity contribution in [3.63, 3.8) is 0 Å². The van der Waals surface area contributed by atoms with E-state index in [2.05, 4.69) is 0 Å². The molecule has 0 atom stereocenters. The topological polar surface area (TPSA) is 141 Å². The van der Waals surface area contributed by atoms with Crippen LogP contribution in [0.3, 0.4) is 0 Å². The number of esters is 1. The molecule has 0 fully saturated rings. The van der Waals surface area contributed by atoms with E-state index >= 15 is 0 Å². The quantitative estimate of drug-likeness (QED) is 0.325. The summed E-state index contributed by atoms with van der Waals surface area (Å²) in [4.78, 5) is 30.4. The second kappa shape index (κ2) is 12.1. The Morgan fingerprint density at radius 3 is 1.52 bits per heavy atom. The van der Waals surface area contributed by atoms with Crippen LogP contribution in [0.15, 0.2) is 72.8 Å². The van der Waals surface area contributed by atoms with E-state index in [1.807, 2.05) is 12.1 Å². The molecule has 0 aliphatic carbocycles. The minimum atomic E-state index is -1.10. The molecule has 3 aromatic rings. The van der Waals surface area contributed by atoms with Crippen molar-refractivity contribution in [1.29, 1.82) is 0 Å². The molecule has 0 saturated heterocycles. The standard InChI is InChI=1S/C20H14O4.2C2H4O2.Na.H/c21-15-9-5-13(6-10-15)20(14-7-11-16(22)12-8-14)18-4-2-1-3-17(18)19(23)24-20;2*1-2(3)4;;/h1-12,21-22H;2*1H3,(H,3,4);;/q;;;+1;-1. The molecule has 1 aliphatic rings. The summed E-state index contributed by atoms with van der Waals surface area (Å²) in [5.41, 5.74) is 1.60. The Bertz CT molecular complexity index is 1050. The van der Waals surface area contributed by atoms with Gasteiger partial charge in [0.05, 0.1) is 5.56 Å². The minimum Gasteiger partial charge on any atom is -1.00 e. The van der Waals surface area contributed by atoms with Gasteiger partial charge in [-0.25, -0.2) is 4.79 Å². The Morgan fingerprint density at radius 1 is 0.758 bits per heavy atom. The molecule has 9 heteroatoms. The van der Waals surface area contributed by atoms with Crippen molar-refractivity contribution in [2.45, 2.75) is 19.4 Å². The fraction of sp³-hybridized carbons (Fsp3) is 0.125. The zero-order valence-corrected chi connectivity index (χ0v) is 20.4. The zero-order chi connectivity index (χ0) is 23.9. The molecule has 33 heavy (non-hydrogen) atoms. The fourth-order valence-electron chi connectivity index (χ4n) is 3.20. The molecule has 0 unspecified atom stereocenters. The van der Waals surface area contributed by atoms with Crippen molar-refractivity contribution < 1.29 is 70.5 Å². The Labute approximate surface area is 213 Å². The molecule has 8 nitrogen and oxygen atoms in total. The third kappa shape index (κ3) is 6.82. The average Bonchev–Trinajstić information content (AvgIpc) is 3.02. The summed E-state index contributed by atoms with van der Waals surface area (Å²) in [6, 6.07) is 20.4. The van der Waals surface area contributed by atoms with E-state index in [4.69, 9.17) is 24.5 Å². The van der Waals surface area contributed by atoms with Crippen molar-refractivity contribution >= 4 is 17.9 Å². The monoisotopic (exact) mass is 462 g/mol. The molecular weight excluding hydrogens is 439 g/mol. The summed E-state index contributed by atoms with van der Waals surface area (Å²) in [6.45, 7) is 2.17. The number of aliphatic carboxylic acids is 2. The van der Waals surface area contributed by atoms with Gasteiger partial charge < -0.3 is 26.6 Å². The number of fused-ring (bicyclic) bond motifs is 1. The van der Waals surface area contributed by atoms with Gasteiger partial charge in [0.1, 0.15) is 11.5 Å². The molecule has 3 aromatic carbocycles. The number of ether oxygens (including phenoxy) is 1. The van der Waals surface area contributed by atoms with Gasteiger partial charge in [-0.15, -0.1) is 0 Å². The number of aromatic hydroxyl groups is 2. The first-order chi connectivity index (χ1) is 15.1. The molecule has 0 spiro atoms. The van der Waals surface area contributed by atoms with Crippen LogP contribution in [0.25, 0.3) is 0 Å². The van der Waals surface area contributed by atoms with Gasteiger partial charge in [0.15, 0.2) is 5.60 Å². The predicted octanol–water partition coefficient (Wildman–Crippen LogP) is 0.858. The maximum absolute atomic E-state index is 12.4. The third-order valence-electron chi connectivity index (χ3n) is 4.32. The summed E-state index contributed by atoms with van der Waals surface area (Å²) >= 11 is 0. The first kappa shape index (κ1) is 27.7. The van der Waals surface area contributed by atoms with E-state index in [0.29, 0.717) is 5.56 Å². The van der Waals surface area contributed by atoms with E-state index in [1.54, 1.807) is 60.7 Å². The predicted molar refractivity (Wildman–Crippen MR) is 116 cm³/mol. The number of phenols is 2. The number of hydrogen-bond acceptors (Lipinski definition) is 6. The molecule has 1 heterocycles. The second-order valence-corrected chi connectivity index (χ2v) is 6.75. The van der Waals surface area contributed by atoms with Crippen molar-refractivity contribution in [1.82, 2.24) is 0 Å². The molecule has 4 rings (SSSR count). The molecule has 1 aliphatic heterocycles. The number of carbonyl (C=O) groups excluding carboxylic acids is 1. The van der Waals surface area contributed by atoms with E-state index in [1.165, 1.54) is 0 Å². The molecule has 168 valence electrons. The smallest absolute Gasteiger partial charge is 1.00 e. The van der Waals surface area contributed by atoms with Gasteiger partial charge in [-0.05, 0) is 30.3 Å². The van der Waals surface area contributed by atoms with Crippen LogP contribution in [0.2, 0.25) is 0 Å². The number of cyclic esters (lactones) is 1. The van der Waals surface area contributed by atoms with Gasteiger partial charge in [0.25, 0.3) is 11.9 Å². The number of carbonyl (C=O) groups is 3. The molecule has 0 saturated carbocycles. The summed E-state index contributed by atoms with van der Waals surface area (Å²) < 4.78 is 5.87. The summed E-state index contributed by atoms with van der Waals surface area (Å²) in [5, 5.41) is 34.0. The first-order valence-corrected chi connectivity index (χ1v) is 9.39. The van der Waals surface area contributed by atoms with E-state index in [0.717, 1.165) is 30.5 Å². The van der Waals surface area contributed by atoms with Gasteiger partial charge >= 0.3 is 35.5 Å². The van der Waals surface area contributed by atoms with E-state index in [9.17, 15) is 15.0 Å². The average molecular weight is 462 g/mol. The van der Waals surface area contributed by atoms with Crippen molar-refractivity contribution in [3.8, 4) is 11.5 Å². The van der Waals surface area contributed by atoms with Crippen LogP contribution in [0, 0.1) is 0 Å². The number of hydrogen-bond donors (Lipinski definition) is 4. The van der Waals surface area contributed by atoms with Crippen LogP contribution < -0.4 is 29.6 Å². The second-order valence-electron chi connectivity index (χ2n) is 6.75. The van der Waals surface area contributed by atoms with Crippen molar-refractivity contribution in [2.24, 2.45) is 0 Å². The molecule has 0 aromatic heterocycles. The molecule has 0 radical (unpaired) electrons. The maximum atomic E-state index is 12.4. The van der Waals surface area contributed by atoms with Gasteiger partial charge in [-0.1, -0.05) is 42.5 Å². The van der Waals surface area contributed by atoms with E-state index in [-0.39, 0.29) is 42.5 Å². The van der Waals surface area contributed by atoms with Gasteiger partial charge in [-0.3, -0.25) is 9.59 Å². The first-order valence-electron chi connectivity index (χ1n) is 9.39. The SMILES string of the molecule is CC(=O)O.CC(=O)O.O=C1OC(c2ccc(O)cc2)(c2ccc(O)cc2)c2ccccc21.[H-].[Na+]. The van der Waals surface area contributed by atoms with Crippen molar-refractivity contribution in [2.75, 3.05) is 0 Å². The summed E-state index contributed by atoms with van der Waals surface area (Å²) in [5.74, 6) is -1.79. The molecule has 4 N–H and O–H groups in total. The molecule has 0 bridgehead atoms. The van der Waals surface area contributed by atoms with Gasteiger partial charge in [0, 0.05) is 30.5 Å². The van der Waals surface area contributed by atoms with Gasteiger partial charge in [0.2, 0.25) is 0 Å². The number of phenolic OH excluding ortho intramolecular Hbond substituents is 2. The van der Waals surface area contributed by atoms with Crippen LogP contribution in [0.4, 0.5) is 0 Å². The Morgan fingerprint density at radius 2 is 1.12 bits per heavy atom. The van der Waals surface area contributed by atoms with Crippen LogP contribution in [0.1, 0.15) is 42.3 Å². The third-order valence-corrected chi connectivity index (χ3v) is 4.32. The molecular formula is C24H23NaO8. The number of rotatable bonds is 2. The molecule has 0 amide bonds. The number of carboxylic acids is 2. The van der Waals surface area contributed by atoms with Crippen LogP contribution >= 0.6 is 0 Å². The summed E-state index contributed by atoms with van der Waals surface area (Å²) in [6.07, 6.45) is 0. The normalized spacial score (nSPS) is 12.4. The minimum absolute atomic E-state index is 0. The fourth-order valence-corrected chi connectivity index (χ4v) is 3.20. The zero-order valence-electron chi connectivity index (χ0n) is 19.4. The summed E-state index contributed by atoms with van der Waals surface area (Å²) in [7, 11) is 0. The Balaban J connectivity index is 0.000000957. The van der Waals surface area contributed by atoms with E-state index < -0.39 is 23.5 Å². The number of benzene rings is 3. The van der Waals surface area contributed by atoms with Crippen LogP contribution in [-0.4, -0.2) is 38.3 Å². The van der Waals surface area contributed by atoms with Crippen LogP contribution in [0.5, 0.6) is 11.5 Å². The Hall–Kier alpha value is -3.33. The Kier molecular flexibility index (Phi) is 10.1. The number of carboxylic acid groups (broad SMARTS) is 2. The maximum Gasteiger partial charge on any atom is 1.00 e. The van der Waals surface area contributed by atoms with Crippen molar-refractivity contribution in [3.05, 3.63) is 95.1 Å². The van der Waals surface area contributed by atoms with Crippen LogP contribution in [-0.2, 0) is 19.9 Å². The largest absolute Gasteiger partial charge is 1.00 e. The van der Waals surface area contributed by atoms with Gasteiger partial charge in [-0.2, -0.15) is 0 Å².